The molecule has 0 unspecified atom stereocenters. The van der Waals surface area contributed by atoms with Crippen LogP contribution >= 0.6 is 0 Å². The second kappa shape index (κ2) is 8.21. The summed E-state index contributed by atoms with van der Waals surface area (Å²) in [4.78, 5) is 21.8. The highest BCUT2D eigenvalue weighted by atomic mass is 16.5. The topological polar surface area (TPSA) is 70.6 Å². The Bertz CT molecular complexity index is 1190. The van der Waals surface area contributed by atoms with Gasteiger partial charge in [-0.05, 0) is 32.9 Å². The molecule has 0 aliphatic rings. The Hall–Kier alpha value is -2.93. The molecule has 0 bridgehead atoms. The molecule has 0 aliphatic heterocycles. The highest BCUT2D eigenvalue weighted by Crippen LogP contribution is 2.35. The van der Waals surface area contributed by atoms with Crippen molar-refractivity contribution >= 4 is 33.2 Å². The molecule has 0 N–H and O–H groups in total. The van der Waals surface area contributed by atoms with E-state index in [2.05, 4.69) is 23.8 Å². The van der Waals surface area contributed by atoms with Gasteiger partial charge in [0.05, 0.1) is 43.0 Å². The van der Waals surface area contributed by atoms with E-state index in [-0.39, 0.29) is 5.69 Å². The van der Waals surface area contributed by atoms with Crippen molar-refractivity contribution < 1.29 is 9.47 Å². The smallest absolute Gasteiger partial charge is 0.328 e. The Labute approximate surface area is 170 Å². The summed E-state index contributed by atoms with van der Waals surface area (Å²) in [5.41, 5.74) is 6.39. The predicted molar refractivity (Wildman–Crippen MR) is 118 cm³/mol. The van der Waals surface area contributed by atoms with Gasteiger partial charge in [-0.2, -0.15) is 0 Å². The summed E-state index contributed by atoms with van der Waals surface area (Å²) in [6, 6.07) is 3.98. The fourth-order valence-corrected chi connectivity index (χ4v) is 3.83. The molecule has 0 saturated heterocycles. The van der Waals surface area contributed by atoms with Crippen molar-refractivity contribution in [2.24, 2.45) is 12.0 Å². The number of hydrogen-bond acceptors (Lipinski definition) is 5. The van der Waals surface area contributed by atoms with Crippen molar-refractivity contribution in [3.05, 3.63) is 40.0 Å². The fourth-order valence-electron chi connectivity index (χ4n) is 3.83. The molecule has 7 nitrogen and oxygen atoms in total. The molecule has 0 saturated carbocycles. The number of imidazole rings is 1. The highest BCUT2D eigenvalue weighted by Gasteiger charge is 2.19. The number of allylic oxidation sites excluding steroid dienone is 2. The maximum atomic E-state index is 12.8. The third-order valence-corrected chi connectivity index (χ3v) is 5.27. The van der Waals surface area contributed by atoms with Crippen molar-refractivity contribution in [1.82, 2.24) is 14.1 Å². The van der Waals surface area contributed by atoms with Crippen molar-refractivity contribution in [1.29, 1.82) is 0 Å². The van der Waals surface area contributed by atoms with Gasteiger partial charge < -0.3 is 9.47 Å². The van der Waals surface area contributed by atoms with Crippen molar-refractivity contribution in [3.63, 3.8) is 0 Å². The first-order chi connectivity index (χ1) is 13.8. The van der Waals surface area contributed by atoms with Crippen LogP contribution in [0, 0.1) is 0 Å². The average molecular weight is 396 g/mol. The molecule has 0 amide bonds. The van der Waals surface area contributed by atoms with E-state index in [4.69, 9.17) is 9.47 Å². The standard InChI is InChI=1S/C22H28N4O3/c1-13(2)20(14(3)23-4)16-10-17-15(11-19(16)29-7)21-18(12-24-17)26(8-9-28-6)22(27)25(21)5/h10-12H,8-9H2,1-7H3. The highest BCUT2D eigenvalue weighted by molar-refractivity contribution is 6.24. The van der Waals surface area contributed by atoms with Gasteiger partial charge in [0.25, 0.3) is 0 Å². The second-order valence-corrected chi connectivity index (χ2v) is 7.23. The molecule has 0 atom stereocenters. The number of aromatic nitrogens is 3. The minimum Gasteiger partial charge on any atom is -0.496 e. The van der Waals surface area contributed by atoms with E-state index >= 15 is 0 Å². The third kappa shape index (κ3) is 3.46. The lowest BCUT2D eigenvalue weighted by Gasteiger charge is -2.16. The molecular formula is C22H28N4O3. The molecule has 0 fully saturated rings. The first-order valence-electron chi connectivity index (χ1n) is 9.52. The molecule has 0 spiro atoms. The molecule has 2 heterocycles. The zero-order valence-corrected chi connectivity index (χ0v) is 18.2. The quantitative estimate of drug-likeness (QED) is 0.599. The van der Waals surface area contributed by atoms with Crippen LogP contribution in [0.15, 0.2) is 33.7 Å². The maximum absolute atomic E-state index is 12.8. The molecule has 29 heavy (non-hydrogen) atoms. The number of pyridine rings is 1. The van der Waals surface area contributed by atoms with E-state index in [0.29, 0.717) is 13.2 Å². The van der Waals surface area contributed by atoms with E-state index in [9.17, 15) is 4.79 Å². The number of nitrogens with zero attached hydrogens (tertiary/aromatic N) is 4. The van der Waals surface area contributed by atoms with Crippen LogP contribution in [0.25, 0.3) is 27.5 Å². The molecular weight excluding hydrogens is 368 g/mol. The van der Waals surface area contributed by atoms with Crippen LogP contribution in [0.3, 0.4) is 0 Å². The second-order valence-electron chi connectivity index (χ2n) is 7.23. The van der Waals surface area contributed by atoms with Gasteiger partial charge in [-0.1, -0.05) is 5.57 Å². The lowest BCUT2D eigenvalue weighted by atomic mass is 9.95. The van der Waals surface area contributed by atoms with Crippen molar-refractivity contribution in [2.75, 3.05) is 27.9 Å². The number of rotatable bonds is 6. The van der Waals surface area contributed by atoms with Gasteiger partial charge in [-0.25, -0.2) is 4.79 Å². The van der Waals surface area contributed by atoms with Gasteiger partial charge >= 0.3 is 5.69 Å². The molecule has 7 heteroatoms. The molecule has 0 aliphatic carbocycles. The van der Waals surface area contributed by atoms with Crippen molar-refractivity contribution in [3.8, 4) is 5.75 Å². The lowest BCUT2D eigenvalue weighted by Crippen LogP contribution is -2.23. The number of fused-ring (bicyclic) bond motifs is 3. The molecule has 154 valence electrons. The van der Waals surface area contributed by atoms with Crippen LogP contribution in [0.2, 0.25) is 0 Å². The van der Waals surface area contributed by atoms with E-state index in [0.717, 1.165) is 50.1 Å². The van der Waals surface area contributed by atoms with Crippen LogP contribution in [-0.2, 0) is 18.3 Å². The minimum absolute atomic E-state index is 0.0895. The maximum Gasteiger partial charge on any atom is 0.328 e. The van der Waals surface area contributed by atoms with Gasteiger partial charge in [0.15, 0.2) is 0 Å². The van der Waals surface area contributed by atoms with E-state index in [1.807, 2.05) is 19.1 Å². The lowest BCUT2D eigenvalue weighted by molar-refractivity contribution is 0.187. The van der Waals surface area contributed by atoms with Crippen LogP contribution in [0.5, 0.6) is 5.75 Å². The summed E-state index contributed by atoms with van der Waals surface area (Å²) in [6.07, 6.45) is 1.76. The largest absolute Gasteiger partial charge is 0.496 e. The van der Waals surface area contributed by atoms with Crippen LogP contribution in [0.1, 0.15) is 26.3 Å². The Kier molecular flexibility index (Phi) is 5.88. The summed E-state index contributed by atoms with van der Waals surface area (Å²) in [7, 11) is 6.84. The molecule has 1 aromatic carbocycles. The Morgan fingerprint density at radius 1 is 1.21 bits per heavy atom. The van der Waals surface area contributed by atoms with Gasteiger partial charge in [0.2, 0.25) is 0 Å². The zero-order chi connectivity index (χ0) is 21.3. The number of aliphatic imine (C=N–C) groups is 1. The summed E-state index contributed by atoms with van der Waals surface area (Å²) < 4.78 is 14.3. The molecule has 2 aromatic heterocycles. The van der Waals surface area contributed by atoms with Gasteiger partial charge in [0.1, 0.15) is 5.75 Å². The average Bonchev–Trinajstić information content (AvgIpc) is 2.95. The van der Waals surface area contributed by atoms with Crippen LogP contribution in [0.4, 0.5) is 0 Å². The van der Waals surface area contributed by atoms with Gasteiger partial charge in [0, 0.05) is 43.4 Å². The number of aryl methyl sites for hydroxylation is 1. The SMILES string of the molecule is CN=C(C)C(=C(C)C)c1cc2ncc3c(c2cc1OC)n(C)c(=O)n3CCOC. The Morgan fingerprint density at radius 3 is 2.52 bits per heavy atom. The predicted octanol–water partition coefficient (Wildman–Crippen LogP) is 3.43. The number of methoxy groups -OCH3 is 2. The van der Waals surface area contributed by atoms with E-state index in [1.165, 1.54) is 0 Å². The van der Waals surface area contributed by atoms with Crippen LogP contribution in [-0.4, -0.2) is 47.7 Å². The van der Waals surface area contributed by atoms with Gasteiger partial charge in [-0.3, -0.25) is 19.1 Å². The Morgan fingerprint density at radius 2 is 1.93 bits per heavy atom. The normalized spacial score (nSPS) is 12.0. The third-order valence-electron chi connectivity index (χ3n) is 5.27. The summed E-state index contributed by atoms with van der Waals surface area (Å²) in [5, 5.41) is 0.873. The number of ether oxygens (including phenoxy) is 2. The Balaban J connectivity index is 2.38. The summed E-state index contributed by atoms with van der Waals surface area (Å²) in [6.45, 7) is 7.04. The van der Waals surface area contributed by atoms with E-state index < -0.39 is 0 Å². The summed E-state index contributed by atoms with van der Waals surface area (Å²) in [5.74, 6) is 0.725. The van der Waals surface area contributed by atoms with E-state index in [1.54, 1.807) is 43.6 Å². The van der Waals surface area contributed by atoms with Gasteiger partial charge in [-0.15, -0.1) is 0 Å². The molecule has 3 rings (SSSR count). The zero-order valence-electron chi connectivity index (χ0n) is 18.2. The monoisotopic (exact) mass is 396 g/mol. The minimum atomic E-state index is -0.0895. The van der Waals surface area contributed by atoms with Crippen molar-refractivity contribution in [2.45, 2.75) is 27.3 Å². The first-order valence-corrected chi connectivity index (χ1v) is 9.52. The van der Waals surface area contributed by atoms with Crippen LogP contribution < -0.4 is 10.4 Å². The number of benzene rings is 1. The fraction of sp³-hybridized carbons (Fsp3) is 0.409. The summed E-state index contributed by atoms with van der Waals surface area (Å²) >= 11 is 0. The first kappa shape index (κ1) is 20.8. The molecule has 3 aromatic rings. The number of hydrogen-bond donors (Lipinski definition) is 0. The molecule has 0 radical (unpaired) electrons.